The van der Waals surface area contributed by atoms with E-state index in [1.807, 2.05) is 18.2 Å². The maximum atomic E-state index is 9.54. The molecule has 4 nitrogen and oxygen atoms in total. The number of ether oxygens (including phenoxy) is 1. The standard InChI is InChI=1S/C12H12N2O2/c13-9-6-7-10(11(14)12(9)15)16-8-4-2-1-3-5-8/h1-7,15H,13-14H2. The molecule has 0 saturated carbocycles. The average Bonchev–Trinajstić information content (AvgIpc) is 2.31. The van der Waals surface area contributed by atoms with Gasteiger partial charge in [0.15, 0.2) is 11.5 Å². The first kappa shape index (κ1) is 10.2. The average molecular weight is 216 g/mol. The largest absolute Gasteiger partial charge is 0.504 e. The second kappa shape index (κ2) is 4.02. The number of hydrogen-bond acceptors (Lipinski definition) is 4. The fourth-order valence-electron chi connectivity index (χ4n) is 1.31. The van der Waals surface area contributed by atoms with Crippen LogP contribution in [0, 0.1) is 0 Å². The van der Waals surface area contributed by atoms with Crippen LogP contribution in [-0.4, -0.2) is 5.11 Å². The normalized spacial score (nSPS) is 10.0. The van der Waals surface area contributed by atoms with Crippen LogP contribution in [0.15, 0.2) is 42.5 Å². The van der Waals surface area contributed by atoms with E-state index in [1.54, 1.807) is 24.3 Å². The van der Waals surface area contributed by atoms with Crippen LogP contribution in [0.1, 0.15) is 0 Å². The summed E-state index contributed by atoms with van der Waals surface area (Å²) in [5.41, 5.74) is 11.6. The second-order valence-corrected chi connectivity index (χ2v) is 3.33. The first-order chi connectivity index (χ1) is 7.68. The van der Waals surface area contributed by atoms with Crippen molar-refractivity contribution < 1.29 is 9.84 Å². The van der Waals surface area contributed by atoms with Crippen LogP contribution < -0.4 is 16.2 Å². The lowest BCUT2D eigenvalue weighted by atomic mass is 10.2. The van der Waals surface area contributed by atoms with E-state index in [-0.39, 0.29) is 17.1 Å². The zero-order chi connectivity index (χ0) is 11.5. The molecule has 0 saturated heterocycles. The van der Waals surface area contributed by atoms with Gasteiger partial charge in [0, 0.05) is 0 Å². The van der Waals surface area contributed by atoms with Gasteiger partial charge in [0.1, 0.15) is 11.4 Å². The Labute approximate surface area is 93.1 Å². The number of hydrogen-bond donors (Lipinski definition) is 3. The van der Waals surface area contributed by atoms with Crippen molar-refractivity contribution in [1.29, 1.82) is 0 Å². The smallest absolute Gasteiger partial charge is 0.165 e. The molecule has 4 heteroatoms. The molecular formula is C12H12N2O2. The highest BCUT2D eigenvalue weighted by molar-refractivity contribution is 5.73. The van der Waals surface area contributed by atoms with Crippen molar-refractivity contribution in [2.24, 2.45) is 0 Å². The van der Waals surface area contributed by atoms with Crippen molar-refractivity contribution in [1.82, 2.24) is 0 Å². The minimum absolute atomic E-state index is 0.142. The molecule has 0 aliphatic rings. The molecule has 5 N–H and O–H groups in total. The summed E-state index contributed by atoms with van der Waals surface area (Å²) in [5.74, 6) is 0.893. The summed E-state index contributed by atoms with van der Waals surface area (Å²) in [6, 6.07) is 12.4. The quantitative estimate of drug-likeness (QED) is 0.531. The molecule has 82 valence electrons. The van der Waals surface area contributed by atoms with Gasteiger partial charge in [-0.05, 0) is 24.3 Å². The van der Waals surface area contributed by atoms with Crippen molar-refractivity contribution in [3.05, 3.63) is 42.5 Å². The molecule has 0 atom stereocenters. The van der Waals surface area contributed by atoms with Crippen LogP contribution in [0.5, 0.6) is 17.2 Å². The topological polar surface area (TPSA) is 81.5 Å². The molecule has 0 aliphatic carbocycles. The van der Waals surface area contributed by atoms with Gasteiger partial charge < -0.3 is 21.3 Å². The molecule has 0 amide bonds. The summed E-state index contributed by atoms with van der Waals surface area (Å²) in [6.45, 7) is 0. The maximum absolute atomic E-state index is 9.54. The van der Waals surface area contributed by atoms with Crippen LogP contribution in [0.25, 0.3) is 0 Å². The number of nitrogens with two attached hydrogens (primary N) is 2. The molecule has 0 aliphatic heterocycles. The summed E-state index contributed by atoms with van der Waals surface area (Å²) in [4.78, 5) is 0. The number of anilines is 2. The number of para-hydroxylation sites is 1. The summed E-state index contributed by atoms with van der Waals surface area (Å²) >= 11 is 0. The minimum Gasteiger partial charge on any atom is -0.504 e. The molecule has 16 heavy (non-hydrogen) atoms. The lowest BCUT2D eigenvalue weighted by molar-refractivity contribution is 0.461. The molecule has 0 aromatic heterocycles. The predicted molar refractivity (Wildman–Crippen MR) is 63.4 cm³/mol. The molecule has 0 fully saturated rings. The number of aromatic hydroxyl groups is 1. The lowest BCUT2D eigenvalue weighted by Crippen LogP contribution is -1.95. The SMILES string of the molecule is Nc1ccc(Oc2ccccc2)c(N)c1O. The van der Waals surface area contributed by atoms with E-state index < -0.39 is 0 Å². The highest BCUT2D eigenvalue weighted by atomic mass is 16.5. The highest BCUT2D eigenvalue weighted by Gasteiger charge is 2.09. The van der Waals surface area contributed by atoms with Crippen LogP contribution >= 0.6 is 0 Å². The van der Waals surface area contributed by atoms with E-state index in [0.717, 1.165) is 0 Å². The maximum Gasteiger partial charge on any atom is 0.165 e. The first-order valence-corrected chi connectivity index (χ1v) is 4.78. The van der Waals surface area contributed by atoms with Crippen LogP contribution in [0.4, 0.5) is 11.4 Å². The van der Waals surface area contributed by atoms with E-state index >= 15 is 0 Å². The zero-order valence-electron chi connectivity index (χ0n) is 8.55. The summed E-state index contributed by atoms with van der Waals surface area (Å²) in [6.07, 6.45) is 0. The van der Waals surface area contributed by atoms with Gasteiger partial charge in [-0.25, -0.2) is 0 Å². The van der Waals surface area contributed by atoms with E-state index in [0.29, 0.717) is 11.5 Å². The van der Waals surface area contributed by atoms with E-state index in [2.05, 4.69) is 0 Å². The Kier molecular flexibility index (Phi) is 2.55. The Morgan fingerprint density at radius 3 is 2.31 bits per heavy atom. The van der Waals surface area contributed by atoms with E-state index in [1.165, 1.54) is 0 Å². The van der Waals surface area contributed by atoms with Gasteiger partial charge in [-0.3, -0.25) is 0 Å². The van der Waals surface area contributed by atoms with E-state index in [4.69, 9.17) is 16.2 Å². The summed E-state index contributed by atoms with van der Waals surface area (Å²) in [5, 5.41) is 9.54. The third-order valence-electron chi connectivity index (χ3n) is 2.18. The second-order valence-electron chi connectivity index (χ2n) is 3.33. The Morgan fingerprint density at radius 2 is 1.62 bits per heavy atom. The number of phenols is 1. The number of rotatable bonds is 2. The first-order valence-electron chi connectivity index (χ1n) is 4.78. The monoisotopic (exact) mass is 216 g/mol. The number of nitrogen functional groups attached to an aromatic ring is 2. The molecule has 2 rings (SSSR count). The molecule has 0 unspecified atom stereocenters. The van der Waals surface area contributed by atoms with Gasteiger partial charge in [-0.1, -0.05) is 18.2 Å². The van der Waals surface area contributed by atoms with Gasteiger partial charge in [0.05, 0.1) is 5.69 Å². The molecule has 2 aromatic rings. The van der Waals surface area contributed by atoms with Gasteiger partial charge in [0.25, 0.3) is 0 Å². The molecule has 2 aromatic carbocycles. The Balaban J connectivity index is 2.33. The molecule has 0 heterocycles. The Hall–Kier alpha value is -2.36. The fourth-order valence-corrected chi connectivity index (χ4v) is 1.31. The predicted octanol–water partition coefficient (Wildman–Crippen LogP) is 2.35. The Bertz CT molecular complexity index is 498. The van der Waals surface area contributed by atoms with Crippen LogP contribution in [-0.2, 0) is 0 Å². The molecule has 0 radical (unpaired) electrons. The van der Waals surface area contributed by atoms with Crippen LogP contribution in [0.2, 0.25) is 0 Å². The molecule has 0 bridgehead atoms. The van der Waals surface area contributed by atoms with Crippen LogP contribution in [0.3, 0.4) is 0 Å². The third-order valence-corrected chi connectivity index (χ3v) is 2.18. The third kappa shape index (κ3) is 1.86. The molecule has 0 spiro atoms. The summed E-state index contributed by atoms with van der Waals surface area (Å²) < 4.78 is 5.50. The van der Waals surface area contributed by atoms with Gasteiger partial charge >= 0.3 is 0 Å². The van der Waals surface area contributed by atoms with Crippen molar-refractivity contribution in [3.63, 3.8) is 0 Å². The van der Waals surface area contributed by atoms with Crippen molar-refractivity contribution in [2.45, 2.75) is 0 Å². The fraction of sp³-hybridized carbons (Fsp3) is 0. The van der Waals surface area contributed by atoms with Gasteiger partial charge in [-0.2, -0.15) is 0 Å². The summed E-state index contributed by atoms with van der Waals surface area (Å²) in [7, 11) is 0. The zero-order valence-corrected chi connectivity index (χ0v) is 8.55. The number of benzene rings is 2. The van der Waals surface area contributed by atoms with Gasteiger partial charge in [-0.15, -0.1) is 0 Å². The Morgan fingerprint density at radius 1 is 0.938 bits per heavy atom. The highest BCUT2D eigenvalue weighted by Crippen LogP contribution is 2.37. The lowest BCUT2D eigenvalue weighted by Gasteiger charge is -2.10. The minimum atomic E-state index is -0.145. The molecular weight excluding hydrogens is 204 g/mol. The van der Waals surface area contributed by atoms with Crippen molar-refractivity contribution in [3.8, 4) is 17.2 Å². The number of phenolic OH excluding ortho intramolecular Hbond substituents is 1. The van der Waals surface area contributed by atoms with Gasteiger partial charge in [0.2, 0.25) is 0 Å². The van der Waals surface area contributed by atoms with Crippen molar-refractivity contribution >= 4 is 11.4 Å². The van der Waals surface area contributed by atoms with E-state index in [9.17, 15) is 5.11 Å². The van der Waals surface area contributed by atoms with Crippen molar-refractivity contribution in [2.75, 3.05) is 11.5 Å².